The number of hydrogen-bond acceptors (Lipinski definition) is 4. The second-order valence-electron chi connectivity index (χ2n) is 6.21. The Hall–Kier alpha value is -2.33. The van der Waals surface area contributed by atoms with Gasteiger partial charge in [-0.3, -0.25) is 9.69 Å². The fraction of sp³-hybridized carbons (Fsp3) is 0.350. The Bertz CT molecular complexity index is 684. The lowest BCUT2D eigenvalue weighted by molar-refractivity contribution is -0.166. The molecule has 2 aromatic rings. The molecule has 24 heavy (non-hydrogen) atoms. The number of nitrogens with zero attached hydrogens (tertiary/aromatic N) is 1. The maximum Gasteiger partial charge on any atom is 0.326 e. The largest absolute Gasteiger partial charge is 0.497 e. The molecule has 0 N–H and O–H groups in total. The van der Waals surface area contributed by atoms with E-state index in [1.54, 1.807) is 7.11 Å². The van der Waals surface area contributed by atoms with E-state index in [1.165, 1.54) is 7.11 Å². The van der Waals surface area contributed by atoms with Gasteiger partial charge in [-0.1, -0.05) is 42.5 Å². The van der Waals surface area contributed by atoms with Crippen LogP contribution in [0.1, 0.15) is 17.5 Å². The van der Waals surface area contributed by atoms with Crippen molar-refractivity contribution in [2.24, 2.45) is 0 Å². The highest BCUT2D eigenvalue weighted by atomic mass is 16.5. The molecule has 4 heteroatoms. The van der Waals surface area contributed by atoms with Crippen molar-refractivity contribution in [3.8, 4) is 5.75 Å². The van der Waals surface area contributed by atoms with Gasteiger partial charge in [-0.2, -0.15) is 0 Å². The number of carbonyl (C=O) groups is 1. The van der Waals surface area contributed by atoms with Gasteiger partial charge in [0.15, 0.2) is 0 Å². The molecule has 1 heterocycles. The molecular weight excluding hydrogens is 302 g/mol. The maximum atomic E-state index is 12.5. The average Bonchev–Trinajstić information content (AvgIpc) is 2.64. The van der Waals surface area contributed by atoms with Crippen LogP contribution in [0.25, 0.3) is 0 Å². The summed E-state index contributed by atoms with van der Waals surface area (Å²) in [5.74, 6) is 0.692. The summed E-state index contributed by atoms with van der Waals surface area (Å²) in [6.45, 7) is 1.62. The molecule has 1 aliphatic heterocycles. The summed E-state index contributed by atoms with van der Waals surface area (Å²) in [6.07, 6.45) is 1.50. The lowest BCUT2D eigenvalue weighted by Gasteiger charge is -2.50. The van der Waals surface area contributed by atoms with E-state index in [4.69, 9.17) is 9.47 Å². The zero-order chi connectivity index (χ0) is 17.0. The number of ether oxygens (including phenoxy) is 2. The average molecular weight is 325 g/mol. The molecule has 4 nitrogen and oxygen atoms in total. The van der Waals surface area contributed by atoms with Crippen LogP contribution in [0.4, 0.5) is 0 Å². The van der Waals surface area contributed by atoms with Crippen molar-refractivity contribution in [2.45, 2.75) is 24.9 Å². The summed E-state index contributed by atoms with van der Waals surface area (Å²) >= 11 is 0. The number of hydrogen-bond donors (Lipinski definition) is 0. The second kappa shape index (κ2) is 7.05. The minimum absolute atomic E-state index is 0.147. The van der Waals surface area contributed by atoms with Crippen LogP contribution in [-0.4, -0.2) is 37.2 Å². The van der Waals surface area contributed by atoms with Gasteiger partial charge in [-0.25, -0.2) is 0 Å². The Morgan fingerprint density at radius 2 is 1.75 bits per heavy atom. The van der Waals surface area contributed by atoms with Gasteiger partial charge in [0.2, 0.25) is 0 Å². The van der Waals surface area contributed by atoms with Gasteiger partial charge in [0, 0.05) is 19.5 Å². The first-order valence-electron chi connectivity index (χ1n) is 8.18. The maximum absolute atomic E-state index is 12.5. The highest BCUT2D eigenvalue weighted by Gasteiger charge is 2.51. The molecule has 3 rings (SSSR count). The topological polar surface area (TPSA) is 38.8 Å². The summed E-state index contributed by atoms with van der Waals surface area (Å²) in [5.41, 5.74) is 1.76. The van der Waals surface area contributed by atoms with E-state index in [-0.39, 0.29) is 5.97 Å². The zero-order valence-corrected chi connectivity index (χ0v) is 14.2. The first-order valence-corrected chi connectivity index (χ1v) is 8.18. The van der Waals surface area contributed by atoms with Crippen molar-refractivity contribution in [1.29, 1.82) is 0 Å². The van der Waals surface area contributed by atoms with E-state index in [0.717, 1.165) is 36.4 Å². The van der Waals surface area contributed by atoms with Crippen LogP contribution in [0, 0.1) is 0 Å². The van der Waals surface area contributed by atoms with Gasteiger partial charge in [-0.05, 0) is 29.7 Å². The minimum atomic E-state index is -0.559. The van der Waals surface area contributed by atoms with Gasteiger partial charge in [-0.15, -0.1) is 0 Å². The molecular formula is C20H23NO3. The Balaban J connectivity index is 1.79. The standard InChI is InChI=1S/C20H23NO3/c1-23-18-10-8-17(9-11-18)15-21-13-12-20(21,19(22)24-2)14-16-6-4-3-5-7-16/h3-11H,12-15H2,1-2H3. The summed E-state index contributed by atoms with van der Waals surface area (Å²) in [7, 11) is 3.13. The van der Waals surface area contributed by atoms with Crippen molar-refractivity contribution >= 4 is 5.97 Å². The molecule has 1 saturated heterocycles. The molecule has 1 unspecified atom stereocenters. The third-order valence-corrected chi connectivity index (χ3v) is 4.84. The first-order chi connectivity index (χ1) is 11.7. The van der Waals surface area contributed by atoms with E-state index in [2.05, 4.69) is 17.0 Å². The zero-order valence-electron chi connectivity index (χ0n) is 14.2. The summed E-state index contributed by atoms with van der Waals surface area (Å²) in [6, 6.07) is 18.1. The fourth-order valence-electron chi connectivity index (χ4n) is 3.35. The van der Waals surface area contributed by atoms with E-state index in [1.807, 2.05) is 42.5 Å². The predicted octanol–water partition coefficient (Wildman–Crippen LogP) is 3.06. The van der Waals surface area contributed by atoms with Crippen LogP contribution in [0.5, 0.6) is 5.75 Å². The third-order valence-electron chi connectivity index (χ3n) is 4.84. The van der Waals surface area contributed by atoms with Crippen molar-refractivity contribution in [2.75, 3.05) is 20.8 Å². The van der Waals surface area contributed by atoms with Gasteiger partial charge < -0.3 is 9.47 Å². The lowest BCUT2D eigenvalue weighted by atomic mass is 9.78. The summed E-state index contributed by atoms with van der Waals surface area (Å²) in [4.78, 5) is 14.8. The van der Waals surface area contributed by atoms with Crippen LogP contribution in [0.3, 0.4) is 0 Å². The molecule has 0 aliphatic carbocycles. The van der Waals surface area contributed by atoms with Crippen molar-refractivity contribution in [3.05, 3.63) is 65.7 Å². The number of benzene rings is 2. The van der Waals surface area contributed by atoms with Gasteiger partial charge >= 0.3 is 5.97 Å². The highest BCUT2D eigenvalue weighted by Crippen LogP contribution is 2.37. The smallest absolute Gasteiger partial charge is 0.326 e. The number of likely N-dealkylation sites (tertiary alicyclic amines) is 1. The van der Waals surface area contributed by atoms with E-state index >= 15 is 0 Å². The van der Waals surface area contributed by atoms with Gasteiger partial charge in [0.25, 0.3) is 0 Å². The number of carbonyl (C=O) groups excluding carboxylic acids is 1. The van der Waals surface area contributed by atoms with Gasteiger partial charge in [0.05, 0.1) is 14.2 Å². The second-order valence-corrected chi connectivity index (χ2v) is 6.21. The number of esters is 1. The molecule has 1 fully saturated rings. The van der Waals surface area contributed by atoms with Crippen molar-refractivity contribution in [3.63, 3.8) is 0 Å². The molecule has 126 valence electrons. The molecule has 2 aromatic carbocycles. The van der Waals surface area contributed by atoms with E-state index in [0.29, 0.717) is 6.42 Å². The van der Waals surface area contributed by atoms with E-state index < -0.39 is 5.54 Å². The minimum Gasteiger partial charge on any atom is -0.497 e. The molecule has 0 bridgehead atoms. The molecule has 0 spiro atoms. The summed E-state index contributed by atoms with van der Waals surface area (Å²) in [5, 5.41) is 0. The molecule has 0 saturated carbocycles. The molecule has 1 atom stereocenters. The number of rotatable bonds is 6. The Kier molecular flexibility index (Phi) is 4.86. The Morgan fingerprint density at radius 1 is 1.04 bits per heavy atom. The first kappa shape index (κ1) is 16.5. The van der Waals surface area contributed by atoms with Crippen LogP contribution in [0.2, 0.25) is 0 Å². The van der Waals surface area contributed by atoms with E-state index in [9.17, 15) is 4.79 Å². The summed E-state index contributed by atoms with van der Waals surface area (Å²) < 4.78 is 10.3. The van der Waals surface area contributed by atoms with Crippen molar-refractivity contribution < 1.29 is 14.3 Å². The van der Waals surface area contributed by atoms with Gasteiger partial charge in [0.1, 0.15) is 11.3 Å². The highest BCUT2D eigenvalue weighted by molar-refractivity contribution is 5.82. The van der Waals surface area contributed by atoms with Crippen LogP contribution >= 0.6 is 0 Å². The fourth-order valence-corrected chi connectivity index (χ4v) is 3.35. The molecule has 0 aromatic heterocycles. The monoisotopic (exact) mass is 325 g/mol. The lowest BCUT2D eigenvalue weighted by Crippen LogP contribution is -2.65. The van der Waals surface area contributed by atoms with Crippen LogP contribution in [0.15, 0.2) is 54.6 Å². The molecule has 0 amide bonds. The third kappa shape index (κ3) is 3.15. The Morgan fingerprint density at radius 3 is 2.29 bits per heavy atom. The van der Waals surface area contributed by atoms with Crippen molar-refractivity contribution in [1.82, 2.24) is 4.90 Å². The normalized spacial score (nSPS) is 20.2. The van der Waals surface area contributed by atoms with Crippen LogP contribution in [-0.2, 0) is 22.5 Å². The van der Waals surface area contributed by atoms with Crippen LogP contribution < -0.4 is 4.74 Å². The quantitative estimate of drug-likeness (QED) is 0.765. The number of methoxy groups -OCH3 is 2. The molecule has 0 radical (unpaired) electrons. The molecule has 1 aliphatic rings. The Labute approximate surface area is 143 Å². The predicted molar refractivity (Wildman–Crippen MR) is 92.9 cm³/mol. The SMILES string of the molecule is COC(=O)C1(Cc2ccccc2)CCN1Cc1ccc(OC)cc1.